The van der Waals surface area contributed by atoms with Crippen LogP contribution in [0.2, 0.25) is 0 Å². The van der Waals surface area contributed by atoms with Gasteiger partial charge in [-0.15, -0.1) is 0 Å². The minimum absolute atomic E-state index is 0.120. The summed E-state index contributed by atoms with van der Waals surface area (Å²) in [5.74, 6) is -0.366. The summed E-state index contributed by atoms with van der Waals surface area (Å²) >= 11 is 0. The van der Waals surface area contributed by atoms with Gasteiger partial charge in [-0.2, -0.15) is 0 Å². The van der Waals surface area contributed by atoms with Crippen LogP contribution in [-0.4, -0.2) is 28.1 Å². The summed E-state index contributed by atoms with van der Waals surface area (Å²) in [4.78, 5) is 23.8. The van der Waals surface area contributed by atoms with E-state index < -0.39 is 4.92 Å². The number of non-ortho nitro benzene ring substituents is 1. The summed E-state index contributed by atoms with van der Waals surface area (Å²) in [6.45, 7) is 0.317. The van der Waals surface area contributed by atoms with Gasteiger partial charge >= 0.3 is 0 Å². The number of aliphatic hydroxyl groups excluding tert-OH is 1. The molecule has 0 aliphatic heterocycles. The molecule has 7 heteroatoms. The van der Waals surface area contributed by atoms with E-state index in [-0.39, 0.29) is 29.3 Å². The Labute approximate surface area is 180 Å². The Morgan fingerprint density at radius 1 is 1.03 bits per heavy atom. The summed E-state index contributed by atoms with van der Waals surface area (Å²) < 4.78 is 0. The van der Waals surface area contributed by atoms with Crippen molar-refractivity contribution in [3.8, 4) is 0 Å². The molecule has 160 valence electrons. The van der Waals surface area contributed by atoms with E-state index in [1.165, 1.54) is 12.1 Å². The first kappa shape index (κ1) is 20.8. The van der Waals surface area contributed by atoms with Gasteiger partial charge in [0, 0.05) is 30.4 Å². The average Bonchev–Trinajstić information content (AvgIpc) is 2.79. The van der Waals surface area contributed by atoms with Crippen molar-refractivity contribution in [1.82, 2.24) is 5.32 Å². The van der Waals surface area contributed by atoms with Crippen molar-refractivity contribution in [2.75, 3.05) is 5.32 Å². The van der Waals surface area contributed by atoms with Gasteiger partial charge in [0.05, 0.1) is 16.6 Å². The first-order valence-corrected chi connectivity index (χ1v) is 10.5. The number of carbonyl (C=O) groups is 1. The number of rotatable bonds is 6. The number of fused-ring (bicyclic) bond motifs is 1. The van der Waals surface area contributed by atoms with Crippen molar-refractivity contribution in [2.45, 2.75) is 44.4 Å². The van der Waals surface area contributed by atoms with Crippen LogP contribution in [0.3, 0.4) is 0 Å². The molecule has 0 heterocycles. The van der Waals surface area contributed by atoms with Gasteiger partial charge in [-0.1, -0.05) is 42.5 Å². The van der Waals surface area contributed by atoms with E-state index in [0.717, 1.165) is 29.2 Å². The predicted octanol–water partition coefficient (Wildman–Crippen LogP) is 4.39. The van der Waals surface area contributed by atoms with Crippen LogP contribution in [0.5, 0.6) is 0 Å². The Morgan fingerprint density at radius 2 is 1.77 bits per heavy atom. The molecule has 1 aliphatic rings. The second-order valence-corrected chi connectivity index (χ2v) is 7.96. The largest absolute Gasteiger partial charge is 0.393 e. The topological polar surface area (TPSA) is 104 Å². The fourth-order valence-corrected chi connectivity index (χ4v) is 4.12. The number of anilines is 1. The molecule has 0 atom stereocenters. The first-order chi connectivity index (χ1) is 15.0. The van der Waals surface area contributed by atoms with Crippen LogP contribution < -0.4 is 10.6 Å². The van der Waals surface area contributed by atoms with E-state index in [9.17, 15) is 20.0 Å². The highest BCUT2D eigenvalue weighted by Gasteiger charge is 2.22. The fraction of sp³-hybridized carbons (Fsp3) is 0.292. The van der Waals surface area contributed by atoms with Gasteiger partial charge < -0.3 is 15.7 Å². The maximum absolute atomic E-state index is 13.0. The third-order valence-electron chi connectivity index (χ3n) is 5.83. The zero-order valence-electron chi connectivity index (χ0n) is 17.1. The molecular weight excluding hydrogens is 394 g/mol. The number of aliphatic hydroxyl groups is 1. The van der Waals surface area contributed by atoms with Crippen molar-refractivity contribution in [3.05, 3.63) is 81.9 Å². The van der Waals surface area contributed by atoms with E-state index >= 15 is 0 Å². The second-order valence-electron chi connectivity index (χ2n) is 7.96. The van der Waals surface area contributed by atoms with Crippen LogP contribution in [-0.2, 0) is 6.54 Å². The number of carbonyl (C=O) groups excluding carboxylic acids is 1. The molecule has 3 aromatic carbocycles. The summed E-state index contributed by atoms with van der Waals surface area (Å²) in [6, 6.07) is 18.3. The van der Waals surface area contributed by atoms with Gasteiger partial charge in [-0.05, 0) is 48.1 Å². The number of benzene rings is 3. The van der Waals surface area contributed by atoms with E-state index in [2.05, 4.69) is 10.6 Å². The number of nitrogens with one attached hydrogen (secondary N) is 2. The summed E-state index contributed by atoms with van der Waals surface area (Å²) in [5.41, 5.74) is 1.68. The van der Waals surface area contributed by atoms with Gasteiger partial charge in [-0.3, -0.25) is 14.9 Å². The number of nitrogens with zero attached hydrogens (tertiary/aromatic N) is 1. The maximum Gasteiger partial charge on any atom is 0.270 e. The highest BCUT2D eigenvalue weighted by atomic mass is 16.6. The van der Waals surface area contributed by atoms with Crippen LogP contribution in [0.15, 0.2) is 60.7 Å². The van der Waals surface area contributed by atoms with Gasteiger partial charge in [0.25, 0.3) is 11.6 Å². The third kappa shape index (κ3) is 4.83. The molecule has 1 saturated carbocycles. The fourth-order valence-electron chi connectivity index (χ4n) is 4.12. The summed E-state index contributed by atoms with van der Waals surface area (Å²) in [6.07, 6.45) is 2.70. The first-order valence-electron chi connectivity index (χ1n) is 10.5. The molecule has 1 aliphatic carbocycles. The lowest BCUT2D eigenvalue weighted by Gasteiger charge is -2.27. The van der Waals surface area contributed by atoms with E-state index in [1.54, 1.807) is 6.07 Å². The second kappa shape index (κ2) is 9.14. The van der Waals surface area contributed by atoms with Gasteiger partial charge in [0.2, 0.25) is 0 Å². The lowest BCUT2D eigenvalue weighted by atomic mass is 9.92. The van der Waals surface area contributed by atoms with Crippen LogP contribution in [0, 0.1) is 10.1 Å². The molecular formula is C24H25N3O4. The standard InChI is InChI=1S/C24H25N3O4/c28-20-11-8-18(9-12-20)26-23-13-10-19(27(30)31)14-22(23)24(29)25-15-17-6-3-5-16-4-1-2-7-21(16)17/h1-7,10,13-14,18,20,26,28H,8-9,11-12,15H2,(H,25,29). The minimum Gasteiger partial charge on any atom is -0.393 e. The Hall–Kier alpha value is -3.45. The smallest absolute Gasteiger partial charge is 0.270 e. The molecule has 0 radical (unpaired) electrons. The number of amides is 1. The normalized spacial score (nSPS) is 18.5. The Balaban J connectivity index is 1.55. The van der Waals surface area contributed by atoms with Gasteiger partial charge in [-0.25, -0.2) is 0 Å². The predicted molar refractivity (Wildman–Crippen MR) is 120 cm³/mol. The molecule has 4 rings (SSSR count). The lowest BCUT2D eigenvalue weighted by molar-refractivity contribution is -0.384. The van der Waals surface area contributed by atoms with Crippen molar-refractivity contribution in [3.63, 3.8) is 0 Å². The zero-order chi connectivity index (χ0) is 21.8. The van der Waals surface area contributed by atoms with E-state index in [4.69, 9.17) is 0 Å². The molecule has 0 bridgehead atoms. The van der Waals surface area contributed by atoms with E-state index in [0.29, 0.717) is 25.1 Å². The highest BCUT2D eigenvalue weighted by molar-refractivity contribution is 6.00. The monoisotopic (exact) mass is 419 g/mol. The van der Waals surface area contributed by atoms with Crippen molar-refractivity contribution in [2.24, 2.45) is 0 Å². The Morgan fingerprint density at radius 3 is 2.55 bits per heavy atom. The number of nitro groups is 1. The molecule has 0 aromatic heterocycles. The van der Waals surface area contributed by atoms with Crippen molar-refractivity contribution >= 4 is 28.1 Å². The number of nitro benzene ring substituents is 1. The van der Waals surface area contributed by atoms with Crippen molar-refractivity contribution < 1.29 is 14.8 Å². The SMILES string of the molecule is O=C(NCc1cccc2ccccc12)c1cc([N+](=O)[O-])ccc1NC1CCC(O)CC1. The summed E-state index contributed by atoms with van der Waals surface area (Å²) in [7, 11) is 0. The molecule has 0 unspecified atom stereocenters. The molecule has 3 aromatic rings. The number of hydrogen-bond acceptors (Lipinski definition) is 5. The molecule has 3 N–H and O–H groups in total. The van der Waals surface area contributed by atoms with Crippen LogP contribution in [0.25, 0.3) is 10.8 Å². The average molecular weight is 419 g/mol. The quantitative estimate of drug-likeness (QED) is 0.406. The van der Waals surface area contributed by atoms with Crippen molar-refractivity contribution in [1.29, 1.82) is 0 Å². The zero-order valence-corrected chi connectivity index (χ0v) is 17.1. The molecule has 1 fully saturated rings. The molecule has 7 nitrogen and oxygen atoms in total. The van der Waals surface area contributed by atoms with Gasteiger partial charge in [0.1, 0.15) is 0 Å². The van der Waals surface area contributed by atoms with E-state index in [1.807, 2.05) is 42.5 Å². The molecule has 31 heavy (non-hydrogen) atoms. The van der Waals surface area contributed by atoms with Crippen LogP contribution >= 0.6 is 0 Å². The lowest BCUT2D eigenvalue weighted by Crippen LogP contribution is -2.30. The number of hydrogen-bond donors (Lipinski definition) is 3. The van der Waals surface area contributed by atoms with Crippen LogP contribution in [0.4, 0.5) is 11.4 Å². The Bertz CT molecular complexity index is 1100. The molecule has 0 spiro atoms. The minimum atomic E-state index is -0.498. The molecule has 0 saturated heterocycles. The Kier molecular flexibility index (Phi) is 6.13. The third-order valence-corrected chi connectivity index (χ3v) is 5.83. The maximum atomic E-state index is 13.0. The van der Waals surface area contributed by atoms with Gasteiger partial charge in [0.15, 0.2) is 0 Å². The van der Waals surface area contributed by atoms with Crippen LogP contribution in [0.1, 0.15) is 41.6 Å². The molecule has 1 amide bonds. The highest BCUT2D eigenvalue weighted by Crippen LogP contribution is 2.27. The summed E-state index contributed by atoms with van der Waals surface area (Å²) in [5, 5.41) is 29.4.